The lowest BCUT2D eigenvalue weighted by atomic mass is 10.1. The second-order valence-corrected chi connectivity index (χ2v) is 6.90. The number of aromatic nitrogens is 6. The first kappa shape index (κ1) is 15.9. The highest BCUT2D eigenvalue weighted by molar-refractivity contribution is 7.98. The Morgan fingerprint density at radius 1 is 1.24 bits per heavy atom. The molecule has 0 aliphatic carbocycles. The summed E-state index contributed by atoms with van der Waals surface area (Å²) in [5.41, 5.74) is 4.16. The molecule has 4 aromatic rings. The third-order valence-electron chi connectivity index (χ3n) is 4.19. The van der Waals surface area contributed by atoms with Gasteiger partial charge in [-0.05, 0) is 23.8 Å². The summed E-state index contributed by atoms with van der Waals surface area (Å²) < 4.78 is 1.78. The monoisotopic (exact) mass is 353 g/mol. The molecule has 0 aliphatic rings. The smallest absolute Gasteiger partial charge is 0.228 e. The minimum Gasteiger partial charge on any atom is -0.350 e. The highest BCUT2D eigenvalue weighted by atomic mass is 32.2. The predicted octanol–water partition coefficient (Wildman–Crippen LogP) is 3.46. The van der Waals surface area contributed by atoms with Crippen molar-refractivity contribution >= 4 is 34.3 Å². The fourth-order valence-electron chi connectivity index (χ4n) is 2.85. The highest BCUT2D eigenvalue weighted by Crippen LogP contribution is 2.24. The molecule has 0 spiro atoms. The summed E-state index contributed by atoms with van der Waals surface area (Å²) in [6.45, 7) is 4.92. The molecule has 128 valence electrons. The van der Waals surface area contributed by atoms with Gasteiger partial charge in [0.15, 0.2) is 10.8 Å². The van der Waals surface area contributed by atoms with E-state index >= 15 is 0 Å². The minimum atomic E-state index is 0.356. The summed E-state index contributed by atoms with van der Waals surface area (Å²) in [5.74, 6) is 1.05. The number of aromatic amines is 1. The molecule has 0 radical (unpaired) electrons. The summed E-state index contributed by atoms with van der Waals surface area (Å²) in [4.78, 5) is 9.22. The molecule has 25 heavy (non-hydrogen) atoms. The fraction of sp³-hybridized carbons (Fsp3) is 0.294. The SMILES string of the molecule is CSc1nc(NCc2cccc3[nH]ncc23)n2ncc(C(C)C)c2n1. The van der Waals surface area contributed by atoms with Crippen LogP contribution in [0.1, 0.15) is 30.9 Å². The van der Waals surface area contributed by atoms with E-state index in [9.17, 15) is 0 Å². The van der Waals surface area contributed by atoms with E-state index in [2.05, 4.69) is 50.5 Å². The Kier molecular flexibility index (Phi) is 4.04. The lowest BCUT2D eigenvalue weighted by Gasteiger charge is -2.10. The predicted molar refractivity (Wildman–Crippen MR) is 100 cm³/mol. The number of rotatable bonds is 5. The number of thioether (sulfide) groups is 1. The van der Waals surface area contributed by atoms with Gasteiger partial charge >= 0.3 is 0 Å². The second-order valence-electron chi connectivity index (χ2n) is 6.13. The molecule has 8 heteroatoms. The van der Waals surface area contributed by atoms with Crippen molar-refractivity contribution in [3.8, 4) is 0 Å². The van der Waals surface area contributed by atoms with Gasteiger partial charge in [-0.1, -0.05) is 37.7 Å². The van der Waals surface area contributed by atoms with Gasteiger partial charge in [0.1, 0.15) is 0 Å². The molecule has 0 bridgehead atoms. The molecule has 0 saturated carbocycles. The Hall–Kier alpha value is -2.61. The van der Waals surface area contributed by atoms with Crippen molar-refractivity contribution in [3.05, 3.63) is 41.7 Å². The maximum absolute atomic E-state index is 4.63. The van der Waals surface area contributed by atoms with E-state index < -0.39 is 0 Å². The molecule has 0 unspecified atom stereocenters. The van der Waals surface area contributed by atoms with E-state index in [1.807, 2.05) is 30.8 Å². The molecule has 3 aromatic heterocycles. The van der Waals surface area contributed by atoms with Gasteiger partial charge in [-0.2, -0.15) is 19.7 Å². The maximum Gasteiger partial charge on any atom is 0.228 e. The molecule has 1 aromatic carbocycles. The molecule has 2 N–H and O–H groups in total. The highest BCUT2D eigenvalue weighted by Gasteiger charge is 2.15. The lowest BCUT2D eigenvalue weighted by Crippen LogP contribution is -2.10. The van der Waals surface area contributed by atoms with Crippen LogP contribution in [0.2, 0.25) is 0 Å². The number of hydrogen-bond acceptors (Lipinski definition) is 6. The van der Waals surface area contributed by atoms with Crippen LogP contribution in [-0.2, 0) is 6.54 Å². The number of anilines is 1. The third kappa shape index (κ3) is 2.82. The first-order valence-electron chi connectivity index (χ1n) is 8.12. The number of nitrogens with zero attached hydrogens (tertiary/aromatic N) is 5. The van der Waals surface area contributed by atoms with Crippen LogP contribution in [0, 0.1) is 0 Å². The zero-order chi connectivity index (χ0) is 17.4. The minimum absolute atomic E-state index is 0.356. The molecule has 0 aliphatic heterocycles. The van der Waals surface area contributed by atoms with E-state index in [1.54, 1.807) is 4.52 Å². The van der Waals surface area contributed by atoms with Crippen molar-refractivity contribution in [2.24, 2.45) is 0 Å². The number of benzene rings is 1. The summed E-state index contributed by atoms with van der Waals surface area (Å²) in [5, 5.41) is 16.8. The second kappa shape index (κ2) is 6.36. The first-order valence-corrected chi connectivity index (χ1v) is 9.34. The van der Waals surface area contributed by atoms with Gasteiger partial charge in [0, 0.05) is 17.5 Å². The molecule has 7 nitrogen and oxygen atoms in total. The lowest BCUT2D eigenvalue weighted by molar-refractivity contribution is 0.824. The van der Waals surface area contributed by atoms with Crippen molar-refractivity contribution in [2.45, 2.75) is 31.5 Å². The third-order valence-corrected chi connectivity index (χ3v) is 4.74. The maximum atomic E-state index is 4.63. The van der Waals surface area contributed by atoms with Crippen LogP contribution in [0.5, 0.6) is 0 Å². The van der Waals surface area contributed by atoms with Crippen LogP contribution < -0.4 is 5.32 Å². The van der Waals surface area contributed by atoms with Crippen LogP contribution in [0.15, 0.2) is 35.7 Å². The molecular weight excluding hydrogens is 334 g/mol. The number of H-pyrrole nitrogens is 1. The summed E-state index contributed by atoms with van der Waals surface area (Å²) in [7, 11) is 0. The van der Waals surface area contributed by atoms with Crippen LogP contribution in [0.4, 0.5) is 5.95 Å². The average molecular weight is 353 g/mol. The van der Waals surface area contributed by atoms with Crippen molar-refractivity contribution in [1.29, 1.82) is 0 Å². The Morgan fingerprint density at radius 3 is 2.92 bits per heavy atom. The molecule has 0 saturated heterocycles. The van der Waals surface area contributed by atoms with Gasteiger partial charge in [-0.3, -0.25) is 5.10 Å². The van der Waals surface area contributed by atoms with Gasteiger partial charge in [0.25, 0.3) is 0 Å². The fourth-order valence-corrected chi connectivity index (χ4v) is 3.20. The van der Waals surface area contributed by atoms with Crippen molar-refractivity contribution in [2.75, 3.05) is 11.6 Å². The van der Waals surface area contributed by atoms with E-state index in [0.717, 1.165) is 32.8 Å². The van der Waals surface area contributed by atoms with E-state index in [1.165, 1.54) is 11.8 Å². The molecule has 4 rings (SSSR count). The van der Waals surface area contributed by atoms with Gasteiger partial charge in [0.05, 0.1) is 17.9 Å². The standard InChI is InChI=1S/C17H19N7S/c1-10(2)12-9-20-24-15(12)21-17(25-3)22-16(24)18-7-11-5-4-6-14-13(11)8-19-23-14/h4-6,8-10H,7H2,1-3H3,(H,19,23)(H,18,21,22). The summed E-state index contributed by atoms with van der Waals surface area (Å²) >= 11 is 1.53. The molecule has 0 amide bonds. The van der Waals surface area contributed by atoms with E-state index in [-0.39, 0.29) is 0 Å². The Morgan fingerprint density at radius 2 is 2.12 bits per heavy atom. The Labute approximate surface area is 149 Å². The number of hydrogen-bond donors (Lipinski definition) is 2. The zero-order valence-corrected chi connectivity index (χ0v) is 15.1. The summed E-state index contributed by atoms with van der Waals surface area (Å²) in [6, 6.07) is 6.12. The van der Waals surface area contributed by atoms with Gasteiger partial charge in [-0.15, -0.1) is 0 Å². The molecule has 3 heterocycles. The van der Waals surface area contributed by atoms with Gasteiger partial charge in [-0.25, -0.2) is 4.98 Å². The van der Waals surface area contributed by atoms with Gasteiger partial charge in [0.2, 0.25) is 5.95 Å². The molecular formula is C17H19N7S. The average Bonchev–Trinajstić information content (AvgIpc) is 3.26. The Bertz CT molecular complexity index is 1030. The van der Waals surface area contributed by atoms with E-state index in [4.69, 9.17) is 0 Å². The normalized spacial score (nSPS) is 11.7. The topological polar surface area (TPSA) is 83.8 Å². The number of fused-ring (bicyclic) bond motifs is 2. The molecule has 0 fully saturated rings. The quantitative estimate of drug-likeness (QED) is 0.535. The van der Waals surface area contributed by atoms with Crippen LogP contribution in [-0.4, -0.2) is 36.0 Å². The summed E-state index contributed by atoms with van der Waals surface area (Å²) in [6.07, 6.45) is 5.70. The van der Waals surface area contributed by atoms with E-state index in [0.29, 0.717) is 18.4 Å². The van der Waals surface area contributed by atoms with Crippen molar-refractivity contribution in [1.82, 2.24) is 29.8 Å². The largest absolute Gasteiger partial charge is 0.350 e. The van der Waals surface area contributed by atoms with Gasteiger partial charge < -0.3 is 5.32 Å². The van der Waals surface area contributed by atoms with Crippen LogP contribution in [0.25, 0.3) is 16.6 Å². The van der Waals surface area contributed by atoms with Crippen LogP contribution in [0.3, 0.4) is 0 Å². The van der Waals surface area contributed by atoms with Crippen LogP contribution >= 0.6 is 11.8 Å². The van der Waals surface area contributed by atoms with Crippen molar-refractivity contribution < 1.29 is 0 Å². The zero-order valence-electron chi connectivity index (χ0n) is 14.3. The Balaban J connectivity index is 1.72. The number of nitrogens with one attached hydrogen (secondary N) is 2. The van der Waals surface area contributed by atoms with Crippen molar-refractivity contribution in [3.63, 3.8) is 0 Å². The molecule has 0 atom stereocenters. The first-order chi connectivity index (χ1) is 12.2.